The van der Waals surface area contributed by atoms with E-state index in [2.05, 4.69) is 10.0 Å². The van der Waals surface area contributed by atoms with Crippen LogP contribution in [0.25, 0.3) is 0 Å². The molecule has 0 spiro atoms. The zero-order valence-electron chi connectivity index (χ0n) is 11.1. The fraction of sp³-hybridized carbons (Fsp3) is 0.900. The van der Waals surface area contributed by atoms with Crippen LogP contribution in [0.3, 0.4) is 0 Å². The van der Waals surface area contributed by atoms with Gasteiger partial charge < -0.3 is 11.1 Å². The van der Waals surface area contributed by atoms with Crippen molar-refractivity contribution in [2.75, 3.05) is 18.8 Å². The first-order valence-electron chi connectivity index (χ1n) is 5.80. The lowest BCUT2D eigenvalue weighted by molar-refractivity contribution is -0.124. The molecule has 6 nitrogen and oxygen atoms in total. The molecule has 2 unspecified atom stereocenters. The van der Waals surface area contributed by atoms with Crippen LogP contribution < -0.4 is 15.8 Å². The summed E-state index contributed by atoms with van der Waals surface area (Å²) in [7, 11) is -3.13. The van der Waals surface area contributed by atoms with Gasteiger partial charge in [0.25, 0.3) is 0 Å². The lowest BCUT2D eigenvalue weighted by Gasteiger charge is -2.15. The Bertz CT molecular complexity index is 333. The molecular formula is C10H24ClN3O3S. The molecule has 0 aromatic carbocycles. The highest BCUT2D eigenvalue weighted by Crippen LogP contribution is 1.98. The minimum absolute atomic E-state index is 0. The summed E-state index contributed by atoms with van der Waals surface area (Å²) in [5.74, 6) is -0.262. The van der Waals surface area contributed by atoms with Crippen molar-refractivity contribution >= 4 is 28.3 Å². The average molecular weight is 302 g/mol. The standard InChI is InChI=1S/C10H23N3O3S.ClH/c1-4-17(15,16)13-7-5-6-12-10(14)8(2)9(3)11;/h8-9,13H,4-7,11H2,1-3H3,(H,12,14);1H. The van der Waals surface area contributed by atoms with E-state index in [1.807, 2.05) is 0 Å². The maximum absolute atomic E-state index is 11.5. The van der Waals surface area contributed by atoms with Gasteiger partial charge in [0.2, 0.25) is 15.9 Å². The maximum Gasteiger partial charge on any atom is 0.224 e. The van der Waals surface area contributed by atoms with E-state index >= 15 is 0 Å². The van der Waals surface area contributed by atoms with Crippen molar-refractivity contribution in [2.24, 2.45) is 11.7 Å². The maximum atomic E-state index is 11.5. The number of hydrogen-bond acceptors (Lipinski definition) is 4. The summed E-state index contributed by atoms with van der Waals surface area (Å²) in [4.78, 5) is 11.5. The minimum Gasteiger partial charge on any atom is -0.356 e. The van der Waals surface area contributed by atoms with Crippen molar-refractivity contribution in [1.29, 1.82) is 0 Å². The molecule has 18 heavy (non-hydrogen) atoms. The molecule has 0 aliphatic carbocycles. The smallest absolute Gasteiger partial charge is 0.224 e. The van der Waals surface area contributed by atoms with Crippen molar-refractivity contribution in [3.63, 3.8) is 0 Å². The molecule has 0 fully saturated rings. The lowest BCUT2D eigenvalue weighted by atomic mass is 10.0. The minimum atomic E-state index is -3.13. The number of nitrogens with one attached hydrogen (secondary N) is 2. The second-order valence-electron chi connectivity index (χ2n) is 4.09. The van der Waals surface area contributed by atoms with E-state index in [1.54, 1.807) is 20.8 Å². The molecule has 110 valence electrons. The summed E-state index contributed by atoms with van der Waals surface area (Å²) in [5, 5.41) is 2.71. The predicted octanol–water partition coefficient (Wildman–Crippen LogP) is -0.163. The Morgan fingerprint density at radius 3 is 2.28 bits per heavy atom. The first-order chi connectivity index (χ1) is 7.80. The number of hydrogen-bond donors (Lipinski definition) is 3. The predicted molar refractivity (Wildman–Crippen MR) is 75.2 cm³/mol. The van der Waals surface area contributed by atoms with Gasteiger partial charge in [0, 0.05) is 25.0 Å². The van der Waals surface area contributed by atoms with Crippen LogP contribution in [0, 0.1) is 5.92 Å². The third kappa shape index (κ3) is 8.68. The molecule has 0 aromatic rings. The Labute approximate surface area is 116 Å². The molecule has 0 saturated carbocycles. The van der Waals surface area contributed by atoms with Crippen LogP contribution >= 0.6 is 12.4 Å². The zero-order chi connectivity index (χ0) is 13.5. The first-order valence-corrected chi connectivity index (χ1v) is 7.46. The van der Waals surface area contributed by atoms with Crippen LogP contribution in [-0.4, -0.2) is 39.2 Å². The number of amides is 1. The number of sulfonamides is 1. The summed E-state index contributed by atoms with van der Waals surface area (Å²) < 4.78 is 24.6. The van der Waals surface area contributed by atoms with Gasteiger partial charge in [0.05, 0.1) is 5.75 Å². The van der Waals surface area contributed by atoms with E-state index in [9.17, 15) is 13.2 Å². The van der Waals surface area contributed by atoms with Gasteiger partial charge in [-0.2, -0.15) is 0 Å². The lowest BCUT2D eigenvalue weighted by Crippen LogP contribution is -2.39. The fourth-order valence-electron chi connectivity index (χ4n) is 1.03. The van der Waals surface area contributed by atoms with Crippen LogP contribution in [0.4, 0.5) is 0 Å². The number of carbonyl (C=O) groups excluding carboxylic acids is 1. The van der Waals surface area contributed by atoms with Gasteiger partial charge in [0.15, 0.2) is 0 Å². The van der Waals surface area contributed by atoms with Crippen molar-refractivity contribution in [3.8, 4) is 0 Å². The van der Waals surface area contributed by atoms with Crippen molar-refractivity contribution in [2.45, 2.75) is 33.2 Å². The Morgan fingerprint density at radius 1 is 1.28 bits per heavy atom. The quantitative estimate of drug-likeness (QED) is 0.542. The van der Waals surface area contributed by atoms with E-state index < -0.39 is 10.0 Å². The molecule has 8 heteroatoms. The van der Waals surface area contributed by atoms with Crippen LogP contribution in [0.1, 0.15) is 27.2 Å². The van der Waals surface area contributed by atoms with E-state index in [0.717, 1.165) is 0 Å². The molecular weight excluding hydrogens is 278 g/mol. The topological polar surface area (TPSA) is 101 Å². The van der Waals surface area contributed by atoms with Gasteiger partial charge in [-0.25, -0.2) is 13.1 Å². The molecule has 0 rings (SSSR count). The molecule has 0 saturated heterocycles. The highest BCUT2D eigenvalue weighted by atomic mass is 35.5. The van der Waals surface area contributed by atoms with E-state index in [4.69, 9.17) is 5.73 Å². The Morgan fingerprint density at radius 2 is 1.83 bits per heavy atom. The molecule has 0 heterocycles. The summed E-state index contributed by atoms with van der Waals surface area (Å²) in [6.45, 7) is 5.90. The number of carbonyl (C=O) groups is 1. The van der Waals surface area contributed by atoms with E-state index in [0.29, 0.717) is 19.5 Å². The van der Waals surface area contributed by atoms with Gasteiger partial charge in [0.1, 0.15) is 0 Å². The van der Waals surface area contributed by atoms with E-state index in [1.165, 1.54) is 0 Å². The van der Waals surface area contributed by atoms with Crippen molar-refractivity contribution in [3.05, 3.63) is 0 Å². The highest BCUT2D eigenvalue weighted by Gasteiger charge is 2.16. The van der Waals surface area contributed by atoms with Crippen LogP contribution in [-0.2, 0) is 14.8 Å². The molecule has 0 aromatic heterocycles. The van der Waals surface area contributed by atoms with Crippen molar-refractivity contribution in [1.82, 2.24) is 10.0 Å². The number of rotatable bonds is 8. The normalized spacial score (nSPS) is 14.4. The van der Waals surface area contributed by atoms with Crippen LogP contribution in [0.2, 0.25) is 0 Å². The van der Waals surface area contributed by atoms with Crippen molar-refractivity contribution < 1.29 is 13.2 Å². The van der Waals surface area contributed by atoms with Gasteiger partial charge in [-0.3, -0.25) is 4.79 Å². The summed E-state index contributed by atoms with van der Waals surface area (Å²) in [6.07, 6.45) is 0.566. The van der Waals surface area contributed by atoms with Crippen LogP contribution in [0.15, 0.2) is 0 Å². The number of nitrogens with two attached hydrogens (primary N) is 1. The first kappa shape index (κ1) is 20.0. The SMILES string of the molecule is CCS(=O)(=O)NCCCNC(=O)C(C)C(C)N.Cl. The Kier molecular flexibility index (Phi) is 10.6. The monoisotopic (exact) mass is 301 g/mol. The summed E-state index contributed by atoms with van der Waals surface area (Å²) >= 11 is 0. The molecule has 0 bridgehead atoms. The van der Waals surface area contributed by atoms with Gasteiger partial charge >= 0.3 is 0 Å². The Balaban J connectivity index is 0. The Hall–Kier alpha value is -0.370. The van der Waals surface area contributed by atoms with Gasteiger partial charge in [-0.05, 0) is 20.3 Å². The zero-order valence-corrected chi connectivity index (χ0v) is 12.7. The molecule has 0 aliphatic rings. The largest absolute Gasteiger partial charge is 0.356 e. The van der Waals surface area contributed by atoms with E-state index in [-0.39, 0.29) is 36.0 Å². The second kappa shape index (κ2) is 9.55. The highest BCUT2D eigenvalue weighted by molar-refractivity contribution is 7.89. The third-order valence-corrected chi connectivity index (χ3v) is 3.96. The summed E-state index contributed by atoms with van der Waals surface area (Å²) in [6, 6.07) is -0.186. The molecule has 1 amide bonds. The fourth-order valence-corrected chi connectivity index (χ4v) is 1.69. The van der Waals surface area contributed by atoms with Gasteiger partial charge in [-0.15, -0.1) is 12.4 Å². The second-order valence-corrected chi connectivity index (χ2v) is 6.19. The third-order valence-electron chi connectivity index (χ3n) is 2.56. The van der Waals surface area contributed by atoms with Crippen LogP contribution in [0.5, 0.6) is 0 Å². The molecule has 2 atom stereocenters. The van der Waals surface area contributed by atoms with Gasteiger partial charge in [-0.1, -0.05) is 6.92 Å². The molecule has 4 N–H and O–H groups in total. The molecule has 0 aliphatic heterocycles. The average Bonchev–Trinajstić information content (AvgIpc) is 2.27. The number of halogens is 1. The molecule has 0 radical (unpaired) electrons. The summed E-state index contributed by atoms with van der Waals surface area (Å²) in [5.41, 5.74) is 5.59.